The number of carbonyl (C=O) groups is 2. The molecule has 1 saturated carbocycles. The Morgan fingerprint density at radius 1 is 1.09 bits per heavy atom. The van der Waals surface area contributed by atoms with E-state index in [2.05, 4.69) is 32.1 Å². The van der Waals surface area contributed by atoms with E-state index >= 15 is 0 Å². The molecule has 1 aliphatic carbocycles. The topological polar surface area (TPSA) is 187 Å². The average molecular weight is 592 g/mol. The number of amides is 2. The second-order valence-corrected chi connectivity index (χ2v) is 10.9. The number of nitrogen functional groups attached to an aromatic ring is 1. The zero-order valence-corrected chi connectivity index (χ0v) is 23.5. The minimum Gasteiger partial charge on any atom is -0.497 e. The van der Waals surface area contributed by atoms with Crippen LogP contribution in [0.2, 0.25) is 0 Å². The van der Waals surface area contributed by atoms with Gasteiger partial charge in [0, 0.05) is 25.6 Å². The number of hydrogen-bond donors (Lipinski definition) is 4. The van der Waals surface area contributed by atoms with Crippen molar-refractivity contribution in [1.82, 2.24) is 29.7 Å². The lowest BCUT2D eigenvalue weighted by molar-refractivity contribution is -0.137. The molecular weight excluding hydrogens is 558 g/mol. The number of imidazole rings is 1. The lowest BCUT2D eigenvalue weighted by Gasteiger charge is -2.30. The van der Waals surface area contributed by atoms with E-state index in [-0.39, 0.29) is 40.9 Å². The van der Waals surface area contributed by atoms with E-state index in [4.69, 9.17) is 19.9 Å². The van der Waals surface area contributed by atoms with E-state index in [1.165, 1.54) is 10.9 Å². The number of nitrogens with one attached hydrogen (secondary N) is 1. The Morgan fingerprint density at radius 2 is 1.81 bits per heavy atom. The summed E-state index contributed by atoms with van der Waals surface area (Å²) in [6.45, 7) is 1.12. The van der Waals surface area contributed by atoms with Crippen LogP contribution >= 0.6 is 0 Å². The van der Waals surface area contributed by atoms with Crippen molar-refractivity contribution >= 4 is 29.0 Å². The minimum atomic E-state index is -1.42. The molecule has 6 rings (SSSR count). The van der Waals surface area contributed by atoms with E-state index in [0.29, 0.717) is 31.0 Å². The molecule has 4 unspecified atom stereocenters. The molecule has 3 aliphatic rings. The molecule has 4 atom stereocenters. The molecule has 3 fully saturated rings. The highest BCUT2D eigenvalue weighted by molar-refractivity contribution is 5.83. The summed E-state index contributed by atoms with van der Waals surface area (Å²) < 4.78 is 17.8. The van der Waals surface area contributed by atoms with Crippen molar-refractivity contribution in [1.29, 1.82) is 0 Å². The highest BCUT2D eigenvalue weighted by atomic mass is 16.6. The summed E-state index contributed by atoms with van der Waals surface area (Å²) in [6.07, 6.45) is -0.267. The number of aromatic nitrogens is 4. The van der Waals surface area contributed by atoms with E-state index in [1.807, 2.05) is 0 Å². The normalized spacial score (nSPS) is 23.9. The number of piperidine rings is 1. The van der Waals surface area contributed by atoms with Crippen molar-refractivity contribution in [3.8, 4) is 23.3 Å². The fourth-order valence-electron chi connectivity index (χ4n) is 5.20. The molecule has 4 heterocycles. The molecule has 2 amide bonds. The summed E-state index contributed by atoms with van der Waals surface area (Å²) in [5.74, 6) is 7.31. The molecule has 14 heteroatoms. The molecule has 2 aromatic heterocycles. The number of likely N-dealkylation sites (tertiary alicyclic amines) is 1. The molecule has 1 aromatic carbocycles. The van der Waals surface area contributed by atoms with Crippen molar-refractivity contribution in [2.45, 2.75) is 62.7 Å². The van der Waals surface area contributed by atoms with Crippen LogP contribution in [0.15, 0.2) is 30.6 Å². The number of benzene rings is 1. The third kappa shape index (κ3) is 6.19. The van der Waals surface area contributed by atoms with Crippen LogP contribution in [-0.4, -0.2) is 91.2 Å². The van der Waals surface area contributed by atoms with Gasteiger partial charge in [0.1, 0.15) is 29.2 Å². The number of aliphatic hydroxyl groups excluding tert-OH is 2. The van der Waals surface area contributed by atoms with Gasteiger partial charge < -0.3 is 40.4 Å². The second kappa shape index (κ2) is 12.0. The first-order chi connectivity index (χ1) is 20.8. The summed E-state index contributed by atoms with van der Waals surface area (Å²) in [4.78, 5) is 39.7. The number of nitrogens with two attached hydrogens (primary N) is 1. The Hall–Kier alpha value is -4.45. The predicted molar refractivity (Wildman–Crippen MR) is 152 cm³/mol. The highest BCUT2D eigenvalue weighted by Gasteiger charge is 2.48. The van der Waals surface area contributed by atoms with E-state index in [1.54, 1.807) is 36.3 Å². The summed E-state index contributed by atoms with van der Waals surface area (Å²) in [7, 11) is 1.57. The van der Waals surface area contributed by atoms with Gasteiger partial charge in [0.25, 0.3) is 5.91 Å². The molecule has 2 aliphatic heterocycles. The van der Waals surface area contributed by atoms with Crippen LogP contribution in [0.3, 0.4) is 0 Å². The number of rotatable bonds is 6. The van der Waals surface area contributed by atoms with Gasteiger partial charge in [-0.3, -0.25) is 9.36 Å². The maximum atomic E-state index is 12.6. The van der Waals surface area contributed by atoms with Gasteiger partial charge in [-0.15, -0.1) is 0 Å². The second-order valence-electron chi connectivity index (χ2n) is 10.9. The molecule has 0 bridgehead atoms. The number of anilines is 1. The highest BCUT2D eigenvalue weighted by Crippen LogP contribution is 2.33. The lowest BCUT2D eigenvalue weighted by atomic mass is 9.94. The van der Waals surface area contributed by atoms with Gasteiger partial charge in [-0.25, -0.2) is 19.7 Å². The Balaban J connectivity index is 1.07. The third-order valence-electron chi connectivity index (χ3n) is 7.87. The first-order valence-electron chi connectivity index (χ1n) is 14.2. The van der Waals surface area contributed by atoms with Gasteiger partial charge in [0.05, 0.1) is 13.4 Å². The van der Waals surface area contributed by atoms with Crippen molar-refractivity contribution < 1.29 is 34.0 Å². The number of fused-ring (bicyclic) bond motifs is 1. The largest absolute Gasteiger partial charge is 0.497 e. The Bertz CT molecular complexity index is 1550. The van der Waals surface area contributed by atoms with Crippen molar-refractivity contribution in [3.05, 3.63) is 36.4 Å². The number of carbonyl (C=O) groups excluding carboxylic acids is 2. The molecule has 0 spiro atoms. The molecule has 43 heavy (non-hydrogen) atoms. The van der Waals surface area contributed by atoms with E-state index < -0.39 is 30.4 Å². The Morgan fingerprint density at radius 3 is 2.51 bits per heavy atom. The van der Waals surface area contributed by atoms with Crippen LogP contribution in [0.1, 0.15) is 44.2 Å². The molecule has 3 aromatic rings. The van der Waals surface area contributed by atoms with E-state index in [9.17, 15) is 19.8 Å². The Kier molecular flexibility index (Phi) is 8.02. The average Bonchev–Trinajstić information content (AvgIpc) is 3.64. The number of methoxy groups -OCH3 is 1. The fourth-order valence-corrected chi connectivity index (χ4v) is 5.20. The minimum absolute atomic E-state index is 0.0800. The molecule has 5 N–H and O–H groups in total. The van der Waals surface area contributed by atoms with Crippen molar-refractivity contribution in [2.24, 2.45) is 5.92 Å². The van der Waals surface area contributed by atoms with Crippen LogP contribution in [0.4, 0.5) is 10.6 Å². The predicted octanol–water partition coefficient (Wildman–Crippen LogP) is 0.968. The number of nitrogens with zero attached hydrogens (tertiary/aromatic N) is 5. The van der Waals surface area contributed by atoms with Crippen LogP contribution < -0.4 is 20.5 Å². The van der Waals surface area contributed by atoms with Crippen molar-refractivity contribution in [3.63, 3.8) is 0 Å². The quantitative estimate of drug-likeness (QED) is 0.299. The smallest absolute Gasteiger partial charge is 0.415 e. The van der Waals surface area contributed by atoms with Crippen LogP contribution in [0, 0.1) is 17.8 Å². The Labute approximate surface area is 247 Å². The van der Waals surface area contributed by atoms with Gasteiger partial charge in [-0.2, -0.15) is 0 Å². The molecule has 226 valence electrons. The standard InChI is InChI=1S/C29H33N7O7/c1-41-18-7-9-19(10-8-18)42-29(40)35-13-11-16(12-14-35)3-2-4-20-33-25(30)21-26(34-20)36(15-31-21)28-23(38)22(37)24(43-28)27(39)32-17-5-6-17/h7-10,15-17,22-24,28,37-38H,3,5-6,11-14H2,1H3,(H,32,39)(H2,30,33,34). The zero-order chi connectivity index (χ0) is 30.1. The molecular formula is C29H33N7O7. The van der Waals surface area contributed by atoms with Crippen LogP contribution in [0.5, 0.6) is 11.5 Å². The zero-order valence-electron chi connectivity index (χ0n) is 23.5. The summed E-state index contributed by atoms with van der Waals surface area (Å²) >= 11 is 0. The molecule has 14 nitrogen and oxygen atoms in total. The first kappa shape index (κ1) is 28.7. The number of hydrogen-bond acceptors (Lipinski definition) is 11. The van der Waals surface area contributed by atoms with Crippen molar-refractivity contribution in [2.75, 3.05) is 25.9 Å². The van der Waals surface area contributed by atoms with E-state index in [0.717, 1.165) is 25.7 Å². The van der Waals surface area contributed by atoms with Gasteiger partial charge in [0.2, 0.25) is 5.82 Å². The van der Waals surface area contributed by atoms with Gasteiger partial charge in [0.15, 0.2) is 23.8 Å². The molecule has 0 radical (unpaired) electrons. The van der Waals surface area contributed by atoms with Gasteiger partial charge in [-0.05, 0) is 61.8 Å². The molecule has 2 saturated heterocycles. The maximum absolute atomic E-state index is 12.6. The monoisotopic (exact) mass is 591 g/mol. The summed E-state index contributed by atoms with van der Waals surface area (Å²) in [5.41, 5.74) is 6.68. The van der Waals surface area contributed by atoms with Crippen LogP contribution in [0.25, 0.3) is 11.2 Å². The van der Waals surface area contributed by atoms with Crippen LogP contribution in [-0.2, 0) is 9.53 Å². The van der Waals surface area contributed by atoms with Gasteiger partial charge >= 0.3 is 6.09 Å². The third-order valence-corrected chi connectivity index (χ3v) is 7.87. The first-order valence-corrected chi connectivity index (χ1v) is 14.2. The van der Waals surface area contributed by atoms with Gasteiger partial charge in [-0.1, -0.05) is 5.92 Å². The summed E-state index contributed by atoms with van der Waals surface area (Å²) in [5, 5.41) is 24.0. The number of aliphatic hydroxyl groups is 2. The number of ether oxygens (including phenoxy) is 3. The fraction of sp³-hybridized carbons (Fsp3) is 0.483. The lowest BCUT2D eigenvalue weighted by Crippen LogP contribution is -2.43. The maximum Gasteiger partial charge on any atom is 0.415 e. The SMILES string of the molecule is COc1ccc(OC(=O)N2CCC(CC#Cc3nc(N)c4ncn(C5OC(C(=O)NC6CC6)C(O)C5O)c4n3)CC2)cc1. The summed E-state index contributed by atoms with van der Waals surface area (Å²) in [6, 6.07) is 6.93.